The summed E-state index contributed by atoms with van der Waals surface area (Å²) in [4.78, 5) is 27.3. The van der Waals surface area contributed by atoms with Gasteiger partial charge in [-0.1, -0.05) is 25.9 Å². The van der Waals surface area contributed by atoms with Gasteiger partial charge in [0.2, 0.25) is 11.8 Å². The number of hydrogen-bond acceptors (Lipinski definition) is 7. The minimum atomic E-state index is -0.205. The van der Waals surface area contributed by atoms with E-state index in [-0.39, 0.29) is 23.8 Å². The number of amides is 1. The summed E-state index contributed by atoms with van der Waals surface area (Å²) in [5.41, 5.74) is 6.84. The van der Waals surface area contributed by atoms with Gasteiger partial charge in [0.15, 0.2) is 5.82 Å². The summed E-state index contributed by atoms with van der Waals surface area (Å²) in [6, 6.07) is 1.51. The Hall–Kier alpha value is -2.51. The van der Waals surface area contributed by atoms with Crippen LogP contribution >= 0.6 is 0 Å². The molecule has 0 bridgehead atoms. The van der Waals surface area contributed by atoms with Crippen molar-refractivity contribution in [3.63, 3.8) is 0 Å². The minimum Gasteiger partial charge on any atom is -0.368 e. The van der Waals surface area contributed by atoms with Gasteiger partial charge in [0.25, 0.3) is 5.91 Å². The summed E-state index contributed by atoms with van der Waals surface area (Å²) < 4.78 is 5.33. The third-order valence-electron chi connectivity index (χ3n) is 4.17. The zero-order valence-electron chi connectivity index (χ0n) is 14.2. The van der Waals surface area contributed by atoms with Crippen molar-refractivity contribution in [3.8, 4) is 0 Å². The van der Waals surface area contributed by atoms with Crippen molar-refractivity contribution in [2.24, 2.45) is 0 Å². The van der Waals surface area contributed by atoms with Gasteiger partial charge in [-0.05, 0) is 24.8 Å². The lowest BCUT2D eigenvalue weighted by molar-refractivity contribution is 0.0704. The molecule has 0 aliphatic carbocycles. The maximum atomic E-state index is 12.9. The van der Waals surface area contributed by atoms with Crippen molar-refractivity contribution in [3.05, 3.63) is 29.2 Å². The van der Waals surface area contributed by atoms with Crippen LogP contribution < -0.4 is 5.73 Å². The Morgan fingerprint density at radius 3 is 2.88 bits per heavy atom. The van der Waals surface area contributed by atoms with Crippen molar-refractivity contribution in [2.45, 2.75) is 52.0 Å². The van der Waals surface area contributed by atoms with E-state index in [0.717, 1.165) is 18.5 Å². The van der Waals surface area contributed by atoms with Gasteiger partial charge in [0.05, 0.1) is 0 Å². The largest absolute Gasteiger partial charge is 0.368 e. The number of anilines is 1. The molecule has 1 saturated heterocycles. The second kappa shape index (κ2) is 6.54. The van der Waals surface area contributed by atoms with E-state index in [9.17, 15) is 4.79 Å². The number of carbonyl (C=O) groups is 1. The third kappa shape index (κ3) is 3.08. The Morgan fingerprint density at radius 2 is 2.21 bits per heavy atom. The third-order valence-corrected chi connectivity index (χ3v) is 4.17. The SMILES string of the molecule is CCc1noc([C@@H]2CCCN2C(=O)c2cc(C(C)C)nc(N)n2)n1. The zero-order valence-corrected chi connectivity index (χ0v) is 14.2. The smallest absolute Gasteiger partial charge is 0.273 e. The fraction of sp³-hybridized carbons (Fsp3) is 0.562. The normalized spacial score (nSPS) is 17.7. The molecule has 0 saturated carbocycles. The molecule has 128 valence electrons. The van der Waals surface area contributed by atoms with E-state index < -0.39 is 0 Å². The molecule has 2 aromatic heterocycles. The lowest BCUT2D eigenvalue weighted by Gasteiger charge is -2.21. The number of nitrogen functional groups attached to an aromatic ring is 1. The highest BCUT2D eigenvalue weighted by molar-refractivity contribution is 5.93. The zero-order chi connectivity index (χ0) is 17.3. The monoisotopic (exact) mass is 330 g/mol. The number of rotatable bonds is 4. The second-order valence-corrected chi connectivity index (χ2v) is 6.25. The van der Waals surface area contributed by atoms with Crippen LogP contribution in [0, 0.1) is 0 Å². The fourth-order valence-electron chi connectivity index (χ4n) is 2.85. The lowest BCUT2D eigenvalue weighted by Crippen LogP contribution is -2.31. The summed E-state index contributed by atoms with van der Waals surface area (Å²) >= 11 is 0. The highest BCUT2D eigenvalue weighted by atomic mass is 16.5. The fourth-order valence-corrected chi connectivity index (χ4v) is 2.85. The van der Waals surface area contributed by atoms with Gasteiger partial charge in [0.1, 0.15) is 11.7 Å². The molecular weight excluding hydrogens is 308 g/mol. The predicted octanol–water partition coefficient (Wildman–Crippen LogP) is 2.10. The number of aromatic nitrogens is 4. The van der Waals surface area contributed by atoms with Gasteiger partial charge >= 0.3 is 0 Å². The average molecular weight is 330 g/mol. The topological polar surface area (TPSA) is 111 Å². The molecule has 8 heteroatoms. The molecular formula is C16H22N6O2. The molecule has 8 nitrogen and oxygen atoms in total. The number of carbonyl (C=O) groups excluding carboxylic acids is 1. The summed E-state index contributed by atoms with van der Waals surface area (Å²) in [5, 5.41) is 3.93. The van der Waals surface area contributed by atoms with Crippen LogP contribution in [0.15, 0.2) is 10.6 Å². The molecule has 1 fully saturated rings. The molecule has 3 rings (SSSR count). The number of nitrogens with two attached hydrogens (primary N) is 1. The standard InChI is InChI=1S/C16H22N6O2/c1-4-13-20-14(24-21-13)12-6-5-7-22(12)15(23)11-8-10(9(2)3)18-16(17)19-11/h8-9,12H,4-7H2,1-3H3,(H2,17,18,19)/t12-/m0/s1. The van der Waals surface area contributed by atoms with E-state index in [1.54, 1.807) is 11.0 Å². The Bertz CT molecular complexity index is 742. The maximum Gasteiger partial charge on any atom is 0.273 e. The van der Waals surface area contributed by atoms with Gasteiger partial charge < -0.3 is 15.2 Å². The van der Waals surface area contributed by atoms with Crippen molar-refractivity contribution < 1.29 is 9.32 Å². The summed E-state index contributed by atoms with van der Waals surface area (Å²) in [7, 11) is 0. The number of aryl methyl sites for hydroxylation is 1. The first-order valence-corrected chi connectivity index (χ1v) is 8.27. The van der Waals surface area contributed by atoms with Crippen molar-refractivity contribution >= 4 is 11.9 Å². The molecule has 1 amide bonds. The molecule has 0 spiro atoms. The molecule has 1 aliphatic rings. The van der Waals surface area contributed by atoms with Crippen LogP contribution in [-0.4, -0.2) is 37.5 Å². The van der Waals surface area contributed by atoms with E-state index in [2.05, 4.69) is 20.1 Å². The summed E-state index contributed by atoms with van der Waals surface area (Å²) in [6.07, 6.45) is 2.39. The van der Waals surface area contributed by atoms with E-state index in [4.69, 9.17) is 10.3 Å². The van der Waals surface area contributed by atoms with E-state index in [1.165, 1.54) is 0 Å². The highest BCUT2D eigenvalue weighted by Gasteiger charge is 2.35. The number of nitrogens with zero attached hydrogens (tertiary/aromatic N) is 5. The van der Waals surface area contributed by atoms with Gasteiger partial charge in [0, 0.05) is 18.7 Å². The Morgan fingerprint density at radius 1 is 1.42 bits per heavy atom. The van der Waals surface area contributed by atoms with Crippen molar-refractivity contribution in [1.82, 2.24) is 25.0 Å². The lowest BCUT2D eigenvalue weighted by atomic mass is 10.1. The Kier molecular flexibility index (Phi) is 4.46. The molecule has 3 heterocycles. The maximum absolute atomic E-state index is 12.9. The number of likely N-dealkylation sites (tertiary alicyclic amines) is 1. The molecule has 2 aromatic rings. The van der Waals surface area contributed by atoms with Crippen LogP contribution in [0.5, 0.6) is 0 Å². The van der Waals surface area contributed by atoms with Crippen LogP contribution in [0.2, 0.25) is 0 Å². The first-order valence-electron chi connectivity index (χ1n) is 8.27. The van der Waals surface area contributed by atoms with Crippen molar-refractivity contribution in [2.75, 3.05) is 12.3 Å². The molecule has 0 aromatic carbocycles. The van der Waals surface area contributed by atoms with Crippen LogP contribution in [-0.2, 0) is 6.42 Å². The van der Waals surface area contributed by atoms with Gasteiger partial charge in [-0.15, -0.1) is 0 Å². The molecule has 1 aliphatic heterocycles. The summed E-state index contributed by atoms with van der Waals surface area (Å²) in [6.45, 7) is 6.59. The van der Waals surface area contributed by atoms with E-state index in [1.807, 2.05) is 20.8 Å². The van der Waals surface area contributed by atoms with E-state index in [0.29, 0.717) is 30.4 Å². The van der Waals surface area contributed by atoms with E-state index >= 15 is 0 Å². The van der Waals surface area contributed by atoms with Crippen LogP contribution in [0.4, 0.5) is 5.95 Å². The highest BCUT2D eigenvalue weighted by Crippen LogP contribution is 2.32. The molecule has 0 radical (unpaired) electrons. The predicted molar refractivity (Wildman–Crippen MR) is 87.2 cm³/mol. The molecule has 24 heavy (non-hydrogen) atoms. The second-order valence-electron chi connectivity index (χ2n) is 6.25. The Balaban J connectivity index is 1.88. The Labute approximate surface area is 140 Å². The van der Waals surface area contributed by atoms with Gasteiger partial charge in [-0.3, -0.25) is 4.79 Å². The first kappa shape index (κ1) is 16.4. The molecule has 0 unspecified atom stereocenters. The van der Waals surface area contributed by atoms with Crippen LogP contribution in [0.25, 0.3) is 0 Å². The van der Waals surface area contributed by atoms with Gasteiger partial charge in [-0.2, -0.15) is 4.98 Å². The first-order chi connectivity index (χ1) is 11.5. The van der Waals surface area contributed by atoms with Crippen LogP contribution in [0.3, 0.4) is 0 Å². The molecule has 1 atom stereocenters. The quantitative estimate of drug-likeness (QED) is 0.913. The van der Waals surface area contributed by atoms with Crippen molar-refractivity contribution in [1.29, 1.82) is 0 Å². The summed E-state index contributed by atoms with van der Waals surface area (Å²) in [5.74, 6) is 1.25. The number of hydrogen-bond donors (Lipinski definition) is 1. The molecule has 2 N–H and O–H groups in total. The van der Waals surface area contributed by atoms with Crippen LogP contribution in [0.1, 0.15) is 73.5 Å². The minimum absolute atomic E-state index is 0.117. The van der Waals surface area contributed by atoms with Gasteiger partial charge in [-0.25, -0.2) is 9.97 Å². The average Bonchev–Trinajstić information content (AvgIpc) is 3.21.